The fourth-order valence-corrected chi connectivity index (χ4v) is 2.94. The third kappa shape index (κ3) is 5.50. The number of aliphatic hydroxyl groups excluding tert-OH is 1. The highest BCUT2D eigenvalue weighted by Crippen LogP contribution is 2.24. The van der Waals surface area contributed by atoms with Crippen molar-refractivity contribution in [2.24, 2.45) is 5.92 Å². The molecule has 3 heteroatoms. The molecule has 0 aromatic heterocycles. The quantitative estimate of drug-likeness (QED) is 0.811. The van der Waals surface area contributed by atoms with E-state index in [1.807, 2.05) is 0 Å². The Bertz CT molecular complexity index is 441. The summed E-state index contributed by atoms with van der Waals surface area (Å²) in [6.45, 7) is 2.90. The second-order valence-electron chi connectivity index (χ2n) is 6.23. The number of benzene rings is 1. The number of carbonyl (C=O) groups is 1. The van der Waals surface area contributed by atoms with E-state index in [9.17, 15) is 9.90 Å². The molecule has 1 aromatic rings. The van der Waals surface area contributed by atoms with Crippen LogP contribution in [0.2, 0.25) is 0 Å². The number of hydrogen-bond donors (Lipinski definition) is 2. The van der Waals surface area contributed by atoms with Crippen LogP contribution in [0.15, 0.2) is 24.3 Å². The molecule has 0 radical (unpaired) electrons. The molecule has 0 spiro atoms. The molecule has 0 heterocycles. The lowest BCUT2D eigenvalue weighted by molar-refractivity contribution is -0.120. The second-order valence-corrected chi connectivity index (χ2v) is 6.23. The molecule has 116 valence electrons. The lowest BCUT2D eigenvalue weighted by atomic mass is 10.0. The van der Waals surface area contributed by atoms with Crippen molar-refractivity contribution in [3.8, 4) is 0 Å². The van der Waals surface area contributed by atoms with Gasteiger partial charge in [0.25, 0.3) is 0 Å². The zero-order valence-electron chi connectivity index (χ0n) is 13.0. The molecule has 2 rings (SSSR count). The van der Waals surface area contributed by atoms with Crippen LogP contribution in [0, 0.1) is 5.92 Å². The van der Waals surface area contributed by atoms with Gasteiger partial charge in [0, 0.05) is 6.54 Å². The maximum absolute atomic E-state index is 11.9. The highest BCUT2D eigenvalue weighted by Gasteiger charge is 2.22. The van der Waals surface area contributed by atoms with Crippen molar-refractivity contribution in [2.75, 3.05) is 6.54 Å². The first-order valence-electron chi connectivity index (χ1n) is 8.20. The Morgan fingerprint density at radius 2 is 1.95 bits per heavy atom. The van der Waals surface area contributed by atoms with Gasteiger partial charge in [-0.2, -0.15) is 0 Å². The predicted octanol–water partition coefficient (Wildman–Crippen LogP) is 2.85. The molecule has 0 aliphatic heterocycles. The van der Waals surface area contributed by atoms with Crippen molar-refractivity contribution in [1.29, 1.82) is 0 Å². The minimum Gasteiger partial charge on any atom is -0.393 e. The molecular weight excluding hydrogens is 262 g/mol. The number of amides is 1. The lowest BCUT2D eigenvalue weighted by Crippen LogP contribution is -2.29. The summed E-state index contributed by atoms with van der Waals surface area (Å²) in [5, 5.41) is 12.5. The zero-order valence-corrected chi connectivity index (χ0v) is 13.0. The fourth-order valence-electron chi connectivity index (χ4n) is 2.94. The summed E-state index contributed by atoms with van der Waals surface area (Å²) in [7, 11) is 0. The van der Waals surface area contributed by atoms with Gasteiger partial charge in [-0.15, -0.1) is 0 Å². The van der Waals surface area contributed by atoms with Crippen molar-refractivity contribution < 1.29 is 9.90 Å². The van der Waals surface area contributed by atoms with Gasteiger partial charge in [0.2, 0.25) is 5.91 Å². The Kier molecular flexibility index (Phi) is 6.24. The van der Waals surface area contributed by atoms with E-state index in [4.69, 9.17) is 0 Å². The lowest BCUT2D eigenvalue weighted by Gasteiger charge is -2.11. The van der Waals surface area contributed by atoms with Crippen molar-refractivity contribution in [3.05, 3.63) is 35.4 Å². The monoisotopic (exact) mass is 289 g/mol. The van der Waals surface area contributed by atoms with Crippen molar-refractivity contribution in [3.63, 3.8) is 0 Å². The second kappa shape index (κ2) is 8.18. The van der Waals surface area contributed by atoms with E-state index in [-0.39, 0.29) is 12.0 Å². The average Bonchev–Trinajstić information content (AvgIpc) is 2.90. The van der Waals surface area contributed by atoms with Crippen LogP contribution in [0.5, 0.6) is 0 Å². The van der Waals surface area contributed by atoms with E-state index in [1.165, 1.54) is 18.4 Å². The Morgan fingerprint density at radius 1 is 1.24 bits per heavy atom. The molecule has 1 aliphatic rings. The molecule has 0 saturated heterocycles. The van der Waals surface area contributed by atoms with Crippen LogP contribution in [0.1, 0.15) is 50.2 Å². The standard InChI is InChI=1S/C18H27NO2/c1-2-3-4-14-5-7-15(8-6-14)12-18(21)19-13-16-9-10-17(20)11-16/h5-8,16-17,20H,2-4,9-13H2,1H3,(H,19,21). The molecule has 3 nitrogen and oxygen atoms in total. The van der Waals surface area contributed by atoms with E-state index in [0.717, 1.165) is 31.2 Å². The maximum Gasteiger partial charge on any atom is 0.224 e. The first kappa shape index (κ1) is 16.0. The third-order valence-corrected chi connectivity index (χ3v) is 4.31. The molecule has 2 unspecified atom stereocenters. The van der Waals surface area contributed by atoms with E-state index < -0.39 is 0 Å². The van der Waals surface area contributed by atoms with Crippen LogP contribution >= 0.6 is 0 Å². The largest absolute Gasteiger partial charge is 0.393 e. The number of hydrogen-bond acceptors (Lipinski definition) is 2. The molecule has 1 amide bonds. The van der Waals surface area contributed by atoms with Gasteiger partial charge in [-0.1, -0.05) is 37.6 Å². The average molecular weight is 289 g/mol. The molecule has 1 aromatic carbocycles. The van der Waals surface area contributed by atoms with Gasteiger partial charge in [0.1, 0.15) is 0 Å². The Hall–Kier alpha value is -1.35. The van der Waals surface area contributed by atoms with Crippen LogP contribution < -0.4 is 5.32 Å². The molecular formula is C18H27NO2. The van der Waals surface area contributed by atoms with E-state index in [2.05, 4.69) is 36.5 Å². The first-order chi connectivity index (χ1) is 10.2. The molecule has 2 N–H and O–H groups in total. The van der Waals surface area contributed by atoms with Gasteiger partial charge in [0.05, 0.1) is 12.5 Å². The molecule has 1 fully saturated rings. The van der Waals surface area contributed by atoms with E-state index >= 15 is 0 Å². The smallest absolute Gasteiger partial charge is 0.224 e. The maximum atomic E-state index is 11.9. The Morgan fingerprint density at radius 3 is 2.57 bits per heavy atom. The minimum absolute atomic E-state index is 0.0812. The predicted molar refractivity (Wildman–Crippen MR) is 85.1 cm³/mol. The number of aryl methyl sites for hydroxylation is 1. The number of nitrogens with one attached hydrogen (secondary N) is 1. The SMILES string of the molecule is CCCCc1ccc(CC(=O)NCC2CCC(O)C2)cc1. The number of unbranched alkanes of at least 4 members (excludes halogenated alkanes) is 1. The molecule has 1 saturated carbocycles. The van der Waals surface area contributed by atoms with Crippen molar-refractivity contribution in [2.45, 2.75) is 58.0 Å². The molecule has 0 bridgehead atoms. The summed E-state index contributed by atoms with van der Waals surface area (Å²) in [5.41, 5.74) is 2.42. The van der Waals surface area contributed by atoms with Gasteiger partial charge >= 0.3 is 0 Å². The molecule has 1 aliphatic carbocycles. The summed E-state index contributed by atoms with van der Waals surface area (Å²) < 4.78 is 0. The van der Waals surface area contributed by atoms with Crippen LogP contribution in [0.25, 0.3) is 0 Å². The van der Waals surface area contributed by atoms with Crippen LogP contribution in [-0.2, 0) is 17.6 Å². The van der Waals surface area contributed by atoms with Crippen LogP contribution in [-0.4, -0.2) is 23.7 Å². The van der Waals surface area contributed by atoms with Gasteiger partial charge in [-0.05, 0) is 49.1 Å². The fraction of sp³-hybridized carbons (Fsp3) is 0.611. The number of rotatable bonds is 7. The van der Waals surface area contributed by atoms with Gasteiger partial charge < -0.3 is 10.4 Å². The number of carbonyl (C=O) groups excluding carboxylic acids is 1. The van der Waals surface area contributed by atoms with E-state index in [1.54, 1.807) is 0 Å². The van der Waals surface area contributed by atoms with Gasteiger partial charge in [-0.3, -0.25) is 4.79 Å². The summed E-state index contributed by atoms with van der Waals surface area (Å²) in [4.78, 5) is 11.9. The Balaban J connectivity index is 1.72. The topological polar surface area (TPSA) is 49.3 Å². The van der Waals surface area contributed by atoms with Gasteiger partial charge in [0.15, 0.2) is 0 Å². The van der Waals surface area contributed by atoms with Gasteiger partial charge in [-0.25, -0.2) is 0 Å². The van der Waals surface area contributed by atoms with Crippen LogP contribution in [0.3, 0.4) is 0 Å². The third-order valence-electron chi connectivity index (χ3n) is 4.31. The minimum atomic E-state index is -0.164. The van der Waals surface area contributed by atoms with Crippen LogP contribution in [0.4, 0.5) is 0 Å². The Labute approximate surface area is 127 Å². The normalized spacial score (nSPS) is 21.4. The first-order valence-corrected chi connectivity index (χ1v) is 8.20. The molecule has 21 heavy (non-hydrogen) atoms. The van der Waals surface area contributed by atoms with Crippen molar-refractivity contribution in [1.82, 2.24) is 5.32 Å². The summed E-state index contributed by atoms with van der Waals surface area (Å²) >= 11 is 0. The van der Waals surface area contributed by atoms with Crippen molar-refractivity contribution >= 4 is 5.91 Å². The highest BCUT2D eigenvalue weighted by molar-refractivity contribution is 5.78. The molecule has 2 atom stereocenters. The summed E-state index contributed by atoms with van der Waals surface area (Å²) in [5.74, 6) is 0.526. The summed E-state index contributed by atoms with van der Waals surface area (Å²) in [6, 6.07) is 8.38. The van der Waals surface area contributed by atoms with E-state index in [0.29, 0.717) is 18.9 Å². The zero-order chi connectivity index (χ0) is 15.1. The summed E-state index contributed by atoms with van der Waals surface area (Å²) in [6.07, 6.45) is 6.55. The number of aliphatic hydroxyl groups is 1. The highest BCUT2D eigenvalue weighted by atomic mass is 16.3.